The van der Waals surface area contributed by atoms with Crippen LogP contribution in [0.25, 0.3) is 22.2 Å². The van der Waals surface area contributed by atoms with Crippen LogP contribution in [0.4, 0.5) is 0 Å². The molecule has 0 amide bonds. The van der Waals surface area contributed by atoms with Crippen LogP contribution in [0.1, 0.15) is 51.1 Å². The minimum atomic E-state index is -3.37. The lowest BCUT2D eigenvalue weighted by Gasteiger charge is -2.21. The topological polar surface area (TPSA) is 86.1 Å². The Kier molecular flexibility index (Phi) is 5.73. The molecule has 3 aromatic rings. The van der Waals surface area contributed by atoms with Crippen molar-refractivity contribution in [2.45, 2.75) is 63.4 Å². The number of fused-ring (bicyclic) bond motifs is 1. The predicted molar refractivity (Wildman–Crippen MR) is 117 cm³/mol. The molecule has 1 aromatic carbocycles. The van der Waals surface area contributed by atoms with Crippen molar-refractivity contribution in [3.8, 4) is 16.9 Å². The van der Waals surface area contributed by atoms with Crippen LogP contribution in [0, 0.1) is 12.1 Å². The van der Waals surface area contributed by atoms with Crippen molar-refractivity contribution < 1.29 is 17.9 Å². The number of aryl methyl sites for hydroxylation is 1. The quantitative estimate of drug-likeness (QED) is 0.363. The number of aromatic nitrogens is 2. The number of rotatable bonds is 5. The molecule has 2 aromatic heterocycles. The minimum absolute atomic E-state index is 0.0310. The maximum Gasteiger partial charge on any atom is 0.290 e. The van der Waals surface area contributed by atoms with E-state index in [4.69, 9.17) is 4.74 Å². The smallest absolute Gasteiger partial charge is 0.290 e. The molecule has 1 fully saturated rings. The molecule has 160 valence electrons. The third kappa shape index (κ3) is 3.90. The molecule has 6 nitrogen and oxygen atoms in total. The first-order chi connectivity index (χ1) is 14.4. The number of sulfone groups is 1. The highest BCUT2D eigenvalue weighted by molar-refractivity contribution is 7.91. The van der Waals surface area contributed by atoms with Crippen LogP contribution in [-0.2, 0) is 9.84 Å². The Morgan fingerprint density at radius 3 is 2.53 bits per heavy atom. The average molecular weight is 429 g/mol. The number of nitrogens with zero attached hydrogens (tertiary/aromatic N) is 1. The average Bonchev–Trinajstić information content (AvgIpc) is 3.09. The zero-order chi connectivity index (χ0) is 21.3. The first-order valence-corrected chi connectivity index (χ1v) is 12.3. The van der Waals surface area contributed by atoms with E-state index in [2.05, 4.69) is 4.98 Å². The largest absolute Gasteiger partial charge is 0.710 e. The number of aromatic amines is 1. The van der Waals surface area contributed by atoms with Gasteiger partial charge in [-0.1, -0.05) is 19.8 Å². The van der Waals surface area contributed by atoms with Gasteiger partial charge in [0.1, 0.15) is 11.4 Å². The van der Waals surface area contributed by atoms with Gasteiger partial charge in [-0.3, -0.25) is 0 Å². The summed E-state index contributed by atoms with van der Waals surface area (Å²) >= 11 is 0. The van der Waals surface area contributed by atoms with Gasteiger partial charge in [-0.2, -0.15) is 0 Å². The SMILES string of the molecule is CCS(=O)(=O)c1ccc(OC2CCCCCC2)c(-c2cc(C)[n+]([O-])c3[nH]ccc23)c1. The van der Waals surface area contributed by atoms with Gasteiger partial charge in [-0.15, -0.1) is 0 Å². The van der Waals surface area contributed by atoms with Crippen molar-refractivity contribution >= 4 is 20.9 Å². The highest BCUT2D eigenvalue weighted by Gasteiger charge is 2.22. The van der Waals surface area contributed by atoms with Gasteiger partial charge in [-0.25, -0.2) is 18.1 Å². The van der Waals surface area contributed by atoms with Crippen LogP contribution in [0.2, 0.25) is 0 Å². The molecule has 0 saturated heterocycles. The summed E-state index contributed by atoms with van der Waals surface area (Å²) in [6.07, 6.45) is 8.59. The molecule has 1 N–H and O–H groups in total. The molecule has 4 rings (SSSR count). The van der Waals surface area contributed by atoms with Crippen molar-refractivity contribution in [3.63, 3.8) is 0 Å². The Morgan fingerprint density at radius 2 is 1.83 bits per heavy atom. The van der Waals surface area contributed by atoms with Gasteiger partial charge in [0.05, 0.1) is 28.3 Å². The Labute approximate surface area is 177 Å². The number of hydrogen-bond acceptors (Lipinski definition) is 4. The van der Waals surface area contributed by atoms with Gasteiger partial charge < -0.3 is 9.94 Å². The molecule has 1 aliphatic carbocycles. The van der Waals surface area contributed by atoms with E-state index in [0.717, 1.165) is 41.4 Å². The third-order valence-electron chi connectivity index (χ3n) is 5.97. The predicted octanol–water partition coefficient (Wildman–Crippen LogP) is 4.67. The van der Waals surface area contributed by atoms with E-state index in [9.17, 15) is 13.6 Å². The number of pyridine rings is 1. The van der Waals surface area contributed by atoms with Gasteiger partial charge in [-0.05, 0) is 62.9 Å². The van der Waals surface area contributed by atoms with E-state index in [-0.39, 0.29) is 16.8 Å². The van der Waals surface area contributed by atoms with Crippen molar-refractivity contribution in [3.05, 3.63) is 47.4 Å². The minimum Gasteiger partial charge on any atom is -0.710 e. The molecule has 0 unspecified atom stereocenters. The normalized spacial score (nSPS) is 15.9. The fraction of sp³-hybridized carbons (Fsp3) is 0.435. The van der Waals surface area contributed by atoms with Crippen LogP contribution in [0.15, 0.2) is 41.4 Å². The highest BCUT2D eigenvalue weighted by atomic mass is 32.2. The van der Waals surface area contributed by atoms with Gasteiger partial charge >= 0.3 is 0 Å². The van der Waals surface area contributed by atoms with Crippen molar-refractivity contribution in [1.29, 1.82) is 0 Å². The van der Waals surface area contributed by atoms with E-state index in [1.54, 1.807) is 44.3 Å². The Hall–Kier alpha value is -2.54. The van der Waals surface area contributed by atoms with Crippen LogP contribution in [0.3, 0.4) is 0 Å². The van der Waals surface area contributed by atoms with E-state index in [1.807, 2.05) is 6.07 Å². The second-order valence-electron chi connectivity index (χ2n) is 8.03. The van der Waals surface area contributed by atoms with Crippen molar-refractivity contribution in [2.75, 3.05) is 5.75 Å². The maximum absolute atomic E-state index is 12.6. The van der Waals surface area contributed by atoms with Gasteiger partial charge in [0.15, 0.2) is 9.84 Å². The number of nitrogens with one attached hydrogen (secondary N) is 1. The van der Waals surface area contributed by atoms with Crippen LogP contribution >= 0.6 is 0 Å². The van der Waals surface area contributed by atoms with Gasteiger partial charge in [0.2, 0.25) is 0 Å². The zero-order valence-electron chi connectivity index (χ0n) is 17.5. The monoisotopic (exact) mass is 428 g/mol. The molecule has 2 heterocycles. The van der Waals surface area contributed by atoms with Gasteiger partial charge in [0, 0.05) is 11.1 Å². The number of ether oxygens (including phenoxy) is 1. The number of H-pyrrole nitrogens is 1. The molecule has 7 heteroatoms. The Morgan fingerprint density at radius 1 is 1.10 bits per heavy atom. The summed E-state index contributed by atoms with van der Waals surface area (Å²) in [5.74, 6) is 0.700. The lowest BCUT2D eigenvalue weighted by molar-refractivity contribution is -0.586. The van der Waals surface area contributed by atoms with Crippen molar-refractivity contribution in [1.82, 2.24) is 4.98 Å². The molecule has 1 saturated carbocycles. The summed E-state index contributed by atoms with van der Waals surface area (Å²) < 4.78 is 32.4. The molecule has 0 aliphatic heterocycles. The molecule has 0 spiro atoms. The Bertz CT molecular complexity index is 1160. The lowest BCUT2D eigenvalue weighted by Crippen LogP contribution is -2.31. The summed E-state index contributed by atoms with van der Waals surface area (Å²) in [5, 5.41) is 13.2. The Balaban J connectivity index is 1.88. The van der Waals surface area contributed by atoms with E-state index in [1.165, 1.54) is 12.8 Å². The summed E-state index contributed by atoms with van der Waals surface area (Å²) in [5.41, 5.74) is 2.49. The molecule has 0 atom stereocenters. The van der Waals surface area contributed by atoms with Crippen LogP contribution < -0.4 is 9.47 Å². The number of benzene rings is 1. The summed E-state index contributed by atoms with van der Waals surface area (Å²) in [6.45, 7) is 3.39. The molecule has 0 radical (unpaired) electrons. The lowest BCUT2D eigenvalue weighted by atomic mass is 10.0. The second-order valence-corrected chi connectivity index (χ2v) is 10.3. The second kappa shape index (κ2) is 8.30. The van der Waals surface area contributed by atoms with E-state index >= 15 is 0 Å². The van der Waals surface area contributed by atoms with Crippen LogP contribution in [0.5, 0.6) is 5.75 Å². The summed E-state index contributed by atoms with van der Waals surface area (Å²) in [6, 6.07) is 8.75. The highest BCUT2D eigenvalue weighted by Crippen LogP contribution is 2.38. The number of hydrogen-bond donors (Lipinski definition) is 1. The first kappa shape index (κ1) is 20.7. The summed E-state index contributed by atoms with van der Waals surface area (Å²) in [4.78, 5) is 3.27. The third-order valence-corrected chi connectivity index (χ3v) is 7.70. The van der Waals surface area contributed by atoms with Crippen LogP contribution in [-0.4, -0.2) is 25.3 Å². The molecule has 0 bridgehead atoms. The van der Waals surface area contributed by atoms with Crippen molar-refractivity contribution in [2.24, 2.45) is 0 Å². The molecular formula is C23H28N2O4S. The maximum atomic E-state index is 12.6. The summed E-state index contributed by atoms with van der Waals surface area (Å²) in [7, 11) is -3.37. The fourth-order valence-corrected chi connectivity index (χ4v) is 5.12. The first-order valence-electron chi connectivity index (χ1n) is 10.6. The molecule has 1 aliphatic rings. The molecular weight excluding hydrogens is 400 g/mol. The van der Waals surface area contributed by atoms with Gasteiger partial charge in [0.25, 0.3) is 5.65 Å². The zero-order valence-corrected chi connectivity index (χ0v) is 18.3. The standard InChI is InChI=1S/C23H28N2O4S/c1-3-30(27,28)18-10-11-22(29-17-8-6-4-5-7-9-17)21(15-18)20-14-16(2)25(26)23-19(20)12-13-24-23/h10-15,17,24H,3-9H2,1-2H3. The van der Waals surface area contributed by atoms with E-state index in [0.29, 0.717) is 22.7 Å². The molecule has 30 heavy (non-hydrogen) atoms. The van der Waals surface area contributed by atoms with E-state index < -0.39 is 9.84 Å². The fourth-order valence-electron chi connectivity index (χ4n) is 4.21.